The zero-order valence-corrected chi connectivity index (χ0v) is 9.98. The molecular weight excluding hydrogens is 188 g/mol. The Hall–Kier alpha value is -0.120. The van der Waals surface area contributed by atoms with Crippen LogP contribution < -0.4 is 5.73 Å². The molecule has 15 heavy (non-hydrogen) atoms. The van der Waals surface area contributed by atoms with Crippen LogP contribution in [-0.4, -0.2) is 43.8 Å². The maximum absolute atomic E-state index is 5.82. The third-order valence-electron chi connectivity index (χ3n) is 4.37. The van der Waals surface area contributed by atoms with E-state index < -0.39 is 0 Å². The number of ether oxygens (including phenoxy) is 1. The van der Waals surface area contributed by atoms with Crippen molar-refractivity contribution >= 4 is 0 Å². The van der Waals surface area contributed by atoms with Crippen molar-refractivity contribution in [2.24, 2.45) is 17.6 Å². The van der Waals surface area contributed by atoms with Crippen molar-refractivity contribution in [1.82, 2.24) is 4.90 Å². The predicted octanol–water partition coefficient (Wildman–Crippen LogP) is 1.08. The number of hydrogen-bond donors (Lipinski definition) is 1. The molecule has 3 heteroatoms. The minimum atomic E-state index is 0.519. The zero-order chi connectivity index (χ0) is 10.8. The lowest BCUT2D eigenvalue weighted by Gasteiger charge is -2.47. The van der Waals surface area contributed by atoms with E-state index in [0.717, 1.165) is 18.5 Å². The fraction of sp³-hybridized carbons (Fsp3) is 1.00. The van der Waals surface area contributed by atoms with Gasteiger partial charge in [-0.25, -0.2) is 0 Å². The van der Waals surface area contributed by atoms with Crippen molar-refractivity contribution in [3.63, 3.8) is 0 Å². The number of nitrogens with two attached hydrogens (primary N) is 1. The highest BCUT2D eigenvalue weighted by atomic mass is 16.5. The highest BCUT2D eigenvalue weighted by molar-refractivity contribution is 4.91. The summed E-state index contributed by atoms with van der Waals surface area (Å²) < 4.78 is 5.33. The lowest BCUT2D eigenvalue weighted by atomic mass is 9.82. The van der Waals surface area contributed by atoms with Crippen LogP contribution in [0.4, 0.5) is 0 Å². The lowest BCUT2D eigenvalue weighted by molar-refractivity contribution is -0.0440. The van der Waals surface area contributed by atoms with Crippen molar-refractivity contribution in [2.45, 2.75) is 38.3 Å². The Labute approximate surface area is 93.0 Å². The Morgan fingerprint density at radius 3 is 2.73 bits per heavy atom. The van der Waals surface area contributed by atoms with Crippen LogP contribution >= 0.6 is 0 Å². The molecule has 1 aliphatic heterocycles. The van der Waals surface area contributed by atoms with Crippen LogP contribution in [0.2, 0.25) is 0 Å². The van der Waals surface area contributed by atoms with E-state index in [2.05, 4.69) is 11.8 Å². The molecule has 1 heterocycles. The molecule has 3 nitrogen and oxygen atoms in total. The quantitative estimate of drug-likeness (QED) is 0.761. The van der Waals surface area contributed by atoms with Gasteiger partial charge < -0.3 is 10.5 Å². The summed E-state index contributed by atoms with van der Waals surface area (Å²) in [7, 11) is 1.82. The van der Waals surface area contributed by atoms with Gasteiger partial charge in [0.05, 0.1) is 6.10 Å². The molecule has 1 saturated heterocycles. The number of rotatable bonds is 3. The van der Waals surface area contributed by atoms with E-state index in [4.69, 9.17) is 10.5 Å². The normalized spacial score (nSPS) is 42.6. The molecular formula is C12H24N2O. The standard InChI is InChI=1S/C12H24N2O/c1-9-3-4-14(8-10(9)7-13)11-5-12(6-11)15-2/h9-12H,3-8,13H2,1-2H3. The number of likely N-dealkylation sites (tertiary alicyclic amines) is 1. The predicted molar refractivity (Wildman–Crippen MR) is 61.7 cm³/mol. The van der Waals surface area contributed by atoms with E-state index in [9.17, 15) is 0 Å². The van der Waals surface area contributed by atoms with Gasteiger partial charge in [-0.15, -0.1) is 0 Å². The molecule has 88 valence electrons. The Morgan fingerprint density at radius 2 is 2.13 bits per heavy atom. The molecule has 2 N–H and O–H groups in total. The van der Waals surface area contributed by atoms with Crippen LogP contribution in [0.15, 0.2) is 0 Å². The van der Waals surface area contributed by atoms with Gasteiger partial charge in [0.1, 0.15) is 0 Å². The first-order chi connectivity index (χ1) is 7.24. The largest absolute Gasteiger partial charge is 0.381 e. The second kappa shape index (κ2) is 4.81. The zero-order valence-electron chi connectivity index (χ0n) is 9.98. The second-order valence-corrected chi connectivity index (χ2v) is 5.24. The van der Waals surface area contributed by atoms with Crippen molar-refractivity contribution in [2.75, 3.05) is 26.7 Å². The molecule has 0 aromatic rings. The van der Waals surface area contributed by atoms with Gasteiger partial charge >= 0.3 is 0 Å². The SMILES string of the molecule is COC1CC(N2CCC(C)C(CN)C2)C1. The van der Waals surface area contributed by atoms with Gasteiger partial charge in [0, 0.05) is 19.7 Å². The molecule has 2 rings (SSSR count). The first-order valence-electron chi connectivity index (χ1n) is 6.21. The maximum Gasteiger partial charge on any atom is 0.0601 e. The molecule has 2 unspecified atom stereocenters. The van der Waals surface area contributed by atoms with Crippen molar-refractivity contribution in [3.05, 3.63) is 0 Å². The van der Waals surface area contributed by atoms with Gasteiger partial charge in [-0.05, 0) is 44.2 Å². The molecule has 1 aliphatic carbocycles. The number of nitrogens with zero attached hydrogens (tertiary/aromatic N) is 1. The average molecular weight is 212 g/mol. The van der Waals surface area contributed by atoms with Crippen LogP contribution in [0.1, 0.15) is 26.2 Å². The fourth-order valence-electron chi connectivity index (χ4n) is 2.84. The molecule has 2 atom stereocenters. The molecule has 1 saturated carbocycles. The highest BCUT2D eigenvalue weighted by Gasteiger charge is 2.37. The molecule has 0 aromatic heterocycles. The van der Waals surface area contributed by atoms with Crippen LogP contribution in [0.3, 0.4) is 0 Å². The Balaban J connectivity index is 1.80. The molecule has 2 aliphatic rings. The molecule has 0 amide bonds. The summed E-state index contributed by atoms with van der Waals surface area (Å²) >= 11 is 0. The minimum Gasteiger partial charge on any atom is -0.381 e. The van der Waals surface area contributed by atoms with Crippen molar-refractivity contribution in [3.8, 4) is 0 Å². The van der Waals surface area contributed by atoms with Crippen LogP contribution in [0.5, 0.6) is 0 Å². The summed E-state index contributed by atoms with van der Waals surface area (Å²) in [6.45, 7) is 5.66. The fourth-order valence-corrected chi connectivity index (χ4v) is 2.84. The molecule has 2 fully saturated rings. The number of hydrogen-bond acceptors (Lipinski definition) is 3. The first kappa shape index (κ1) is 11.4. The van der Waals surface area contributed by atoms with Gasteiger partial charge in [0.2, 0.25) is 0 Å². The number of piperidine rings is 1. The second-order valence-electron chi connectivity index (χ2n) is 5.24. The summed E-state index contributed by atoms with van der Waals surface area (Å²) in [5.74, 6) is 1.52. The molecule has 0 spiro atoms. The van der Waals surface area contributed by atoms with E-state index in [1.165, 1.54) is 32.4 Å². The monoisotopic (exact) mass is 212 g/mol. The average Bonchev–Trinajstić information content (AvgIpc) is 2.19. The Kier molecular flexibility index (Phi) is 3.65. The van der Waals surface area contributed by atoms with Gasteiger partial charge in [-0.1, -0.05) is 6.92 Å². The summed E-state index contributed by atoms with van der Waals surface area (Å²) in [4.78, 5) is 2.63. The first-order valence-corrected chi connectivity index (χ1v) is 6.21. The Morgan fingerprint density at radius 1 is 1.40 bits per heavy atom. The van der Waals surface area contributed by atoms with Crippen molar-refractivity contribution in [1.29, 1.82) is 0 Å². The molecule has 0 radical (unpaired) electrons. The summed E-state index contributed by atoms with van der Waals surface area (Å²) in [5.41, 5.74) is 5.82. The summed E-state index contributed by atoms with van der Waals surface area (Å²) in [6, 6.07) is 0.775. The van der Waals surface area contributed by atoms with Gasteiger partial charge in [0.25, 0.3) is 0 Å². The van der Waals surface area contributed by atoms with Gasteiger partial charge in [-0.3, -0.25) is 4.90 Å². The van der Waals surface area contributed by atoms with Crippen molar-refractivity contribution < 1.29 is 4.74 Å². The maximum atomic E-state index is 5.82. The van der Waals surface area contributed by atoms with E-state index in [1.807, 2.05) is 7.11 Å². The van der Waals surface area contributed by atoms with E-state index >= 15 is 0 Å². The van der Waals surface area contributed by atoms with E-state index in [1.54, 1.807) is 0 Å². The third-order valence-corrected chi connectivity index (χ3v) is 4.37. The van der Waals surface area contributed by atoms with Crippen LogP contribution in [-0.2, 0) is 4.74 Å². The summed E-state index contributed by atoms with van der Waals surface area (Å²) in [5, 5.41) is 0. The summed E-state index contributed by atoms with van der Waals surface area (Å²) in [6.07, 6.45) is 4.28. The minimum absolute atomic E-state index is 0.519. The molecule has 0 aromatic carbocycles. The smallest absolute Gasteiger partial charge is 0.0601 e. The van der Waals surface area contributed by atoms with E-state index in [-0.39, 0.29) is 0 Å². The van der Waals surface area contributed by atoms with Gasteiger partial charge in [-0.2, -0.15) is 0 Å². The number of methoxy groups -OCH3 is 1. The van der Waals surface area contributed by atoms with Crippen LogP contribution in [0.25, 0.3) is 0 Å². The van der Waals surface area contributed by atoms with E-state index in [0.29, 0.717) is 12.0 Å². The topological polar surface area (TPSA) is 38.5 Å². The molecule has 0 bridgehead atoms. The van der Waals surface area contributed by atoms with Gasteiger partial charge in [0.15, 0.2) is 0 Å². The highest BCUT2D eigenvalue weighted by Crippen LogP contribution is 2.32. The van der Waals surface area contributed by atoms with Crippen LogP contribution in [0, 0.1) is 11.8 Å². The Bertz CT molecular complexity index is 204. The third kappa shape index (κ3) is 2.35. The lowest BCUT2D eigenvalue weighted by Crippen LogP contribution is -2.53.